The summed E-state index contributed by atoms with van der Waals surface area (Å²) >= 11 is 0. The van der Waals surface area contributed by atoms with Crippen LogP contribution in [0.3, 0.4) is 0 Å². The van der Waals surface area contributed by atoms with Gasteiger partial charge in [0.05, 0.1) is 15.7 Å². The highest BCUT2D eigenvalue weighted by Crippen LogP contribution is 2.30. The zero-order valence-corrected chi connectivity index (χ0v) is 15.7. The number of piperidine rings is 1. The number of nitrogens with one attached hydrogen (secondary N) is 1. The number of hydrogen-bond acceptors (Lipinski definition) is 6. The molecular formula is C16H24N4O5S. The van der Waals surface area contributed by atoms with Crippen LogP contribution in [0.25, 0.3) is 0 Å². The maximum absolute atomic E-state index is 13.1. The second-order valence-electron chi connectivity index (χ2n) is 6.42. The molecule has 0 aromatic heterocycles. The quantitative estimate of drug-likeness (QED) is 0.547. The summed E-state index contributed by atoms with van der Waals surface area (Å²) in [5, 5.41) is 13.8. The van der Waals surface area contributed by atoms with E-state index in [-0.39, 0.29) is 29.6 Å². The minimum atomic E-state index is -3.93. The fraction of sp³-hybridized carbons (Fsp3) is 0.562. The number of non-ortho nitro benzene ring substituents is 1. The second-order valence-corrected chi connectivity index (χ2v) is 8.33. The zero-order valence-electron chi connectivity index (χ0n) is 14.9. The van der Waals surface area contributed by atoms with E-state index in [9.17, 15) is 23.3 Å². The molecule has 1 saturated heterocycles. The molecule has 0 aliphatic carbocycles. The van der Waals surface area contributed by atoms with E-state index in [1.165, 1.54) is 10.4 Å². The van der Waals surface area contributed by atoms with Gasteiger partial charge in [-0.3, -0.25) is 14.9 Å². The average Bonchev–Trinajstić information content (AvgIpc) is 2.61. The van der Waals surface area contributed by atoms with Crippen LogP contribution in [0.1, 0.15) is 24.0 Å². The smallest absolute Gasteiger partial charge is 0.271 e. The van der Waals surface area contributed by atoms with Crippen LogP contribution in [0.5, 0.6) is 0 Å². The standard InChI is InChI=1S/C16H24N4O5S/c1-11-8-14(20(22)23)9-15(12(11)2)26(24,25)19-7-3-4-13(10-19)16(21)18-6-5-17/h8-9,13H,3-7,10,17H2,1-2H3,(H,18,21). The molecule has 2 rings (SSSR count). The fourth-order valence-electron chi connectivity index (χ4n) is 3.04. The fourth-order valence-corrected chi connectivity index (χ4v) is 4.88. The Bertz CT molecular complexity index is 809. The van der Waals surface area contributed by atoms with Crippen molar-refractivity contribution in [2.24, 2.45) is 11.7 Å². The van der Waals surface area contributed by atoms with Gasteiger partial charge < -0.3 is 11.1 Å². The second kappa shape index (κ2) is 8.11. The van der Waals surface area contributed by atoms with Crippen LogP contribution in [0.15, 0.2) is 17.0 Å². The number of benzene rings is 1. The molecule has 0 saturated carbocycles. The summed E-state index contributed by atoms with van der Waals surface area (Å²) in [5.41, 5.74) is 6.12. The van der Waals surface area contributed by atoms with Crippen LogP contribution in [-0.2, 0) is 14.8 Å². The molecule has 0 bridgehead atoms. The number of amides is 1. The molecule has 1 heterocycles. The first-order valence-electron chi connectivity index (χ1n) is 8.42. The predicted octanol–water partition coefficient (Wildman–Crippen LogP) is 0.687. The number of nitro groups is 1. The Hall–Kier alpha value is -2.04. The Balaban J connectivity index is 2.32. The van der Waals surface area contributed by atoms with Crippen LogP contribution in [0, 0.1) is 29.9 Å². The molecular weight excluding hydrogens is 360 g/mol. The van der Waals surface area contributed by atoms with Crippen LogP contribution < -0.4 is 11.1 Å². The molecule has 1 aliphatic heterocycles. The van der Waals surface area contributed by atoms with Crippen molar-refractivity contribution in [3.63, 3.8) is 0 Å². The van der Waals surface area contributed by atoms with Gasteiger partial charge in [-0.05, 0) is 37.8 Å². The maximum Gasteiger partial charge on any atom is 0.271 e. The molecule has 1 atom stereocenters. The van der Waals surface area contributed by atoms with E-state index in [0.29, 0.717) is 37.1 Å². The monoisotopic (exact) mass is 384 g/mol. The summed E-state index contributed by atoms with van der Waals surface area (Å²) < 4.78 is 27.4. The Kier molecular flexibility index (Phi) is 6.32. The summed E-state index contributed by atoms with van der Waals surface area (Å²) in [6.45, 7) is 4.25. The number of nitro benzene ring substituents is 1. The molecule has 1 aromatic carbocycles. The first kappa shape index (κ1) is 20.3. The number of nitrogens with zero attached hydrogens (tertiary/aromatic N) is 2. The molecule has 10 heteroatoms. The number of carbonyl (C=O) groups is 1. The molecule has 0 radical (unpaired) electrons. The van der Waals surface area contributed by atoms with Gasteiger partial charge in [-0.15, -0.1) is 0 Å². The van der Waals surface area contributed by atoms with Gasteiger partial charge in [-0.1, -0.05) is 0 Å². The summed E-state index contributed by atoms with van der Waals surface area (Å²) in [4.78, 5) is 22.6. The van der Waals surface area contributed by atoms with Crippen LogP contribution >= 0.6 is 0 Å². The predicted molar refractivity (Wildman–Crippen MR) is 96.1 cm³/mol. The van der Waals surface area contributed by atoms with Gasteiger partial charge in [0.25, 0.3) is 5.69 Å². The largest absolute Gasteiger partial charge is 0.355 e. The minimum Gasteiger partial charge on any atom is -0.355 e. The zero-order chi connectivity index (χ0) is 19.5. The third-order valence-electron chi connectivity index (χ3n) is 4.63. The molecule has 9 nitrogen and oxygen atoms in total. The van der Waals surface area contributed by atoms with Crippen LogP contribution in [0.4, 0.5) is 5.69 Å². The van der Waals surface area contributed by atoms with Crippen molar-refractivity contribution in [1.29, 1.82) is 0 Å². The van der Waals surface area contributed by atoms with E-state index in [2.05, 4.69) is 5.32 Å². The van der Waals surface area contributed by atoms with Crippen molar-refractivity contribution >= 4 is 21.6 Å². The van der Waals surface area contributed by atoms with E-state index >= 15 is 0 Å². The minimum absolute atomic E-state index is 0.0555. The van der Waals surface area contributed by atoms with Gasteiger partial charge >= 0.3 is 0 Å². The Morgan fingerprint density at radius 2 is 2.12 bits per heavy atom. The third-order valence-corrected chi connectivity index (χ3v) is 6.62. The molecule has 3 N–H and O–H groups in total. The first-order chi connectivity index (χ1) is 12.2. The Morgan fingerprint density at radius 1 is 1.42 bits per heavy atom. The Morgan fingerprint density at radius 3 is 2.73 bits per heavy atom. The van der Waals surface area contributed by atoms with Gasteiger partial charge in [0.2, 0.25) is 15.9 Å². The summed E-state index contributed by atoms with van der Waals surface area (Å²) in [7, 11) is -3.93. The molecule has 1 aliphatic rings. The van der Waals surface area contributed by atoms with Gasteiger partial charge in [0.1, 0.15) is 0 Å². The molecule has 144 valence electrons. The van der Waals surface area contributed by atoms with Crippen molar-refractivity contribution in [3.8, 4) is 0 Å². The molecule has 0 spiro atoms. The van der Waals surface area contributed by atoms with E-state index < -0.39 is 20.9 Å². The molecule has 26 heavy (non-hydrogen) atoms. The lowest BCUT2D eigenvalue weighted by atomic mass is 9.99. The number of hydrogen-bond donors (Lipinski definition) is 2. The SMILES string of the molecule is Cc1cc([N+](=O)[O-])cc(S(=O)(=O)N2CCCC(C(=O)NCCN)C2)c1C. The summed E-state index contributed by atoms with van der Waals surface area (Å²) in [6, 6.07) is 2.45. The highest BCUT2D eigenvalue weighted by Gasteiger charge is 2.35. The normalized spacial score (nSPS) is 18.5. The first-order valence-corrected chi connectivity index (χ1v) is 9.86. The third kappa shape index (κ3) is 4.19. The lowest BCUT2D eigenvalue weighted by Gasteiger charge is -2.31. The van der Waals surface area contributed by atoms with Gasteiger partial charge in [0.15, 0.2) is 0 Å². The van der Waals surface area contributed by atoms with E-state index in [1.807, 2.05) is 0 Å². The highest BCUT2D eigenvalue weighted by atomic mass is 32.2. The van der Waals surface area contributed by atoms with Crippen LogP contribution in [-0.4, -0.2) is 49.7 Å². The summed E-state index contributed by atoms with van der Waals surface area (Å²) in [5.74, 6) is -0.674. The van der Waals surface area contributed by atoms with E-state index in [1.54, 1.807) is 13.8 Å². The molecule has 1 aromatic rings. The number of rotatable bonds is 6. The van der Waals surface area contributed by atoms with E-state index in [4.69, 9.17) is 5.73 Å². The lowest BCUT2D eigenvalue weighted by molar-refractivity contribution is -0.385. The molecule has 1 fully saturated rings. The number of sulfonamides is 1. The lowest BCUT2D eigenvalue weighted by Crippen LogP contribution is -2.46. The number of carbonyl (C=O) groups excluding carboxylic acids is 1. The van der Waals surface area contributed by atoms with Crippen molar-refractivity contribution in [2.75, 3.05) is 26.2 Å². The van der Waals surface area contributed by atoms with Crippen molar-refractivity contribution < 1.29 is 18.1 Å². The van der Waals surface area contributed by atoms with Gasteiger partial charge in [-0.25, -0.2) is 8.42 Å². The van der Waals surface area contributed by atoms with Crippen LogP contribution in [0.2, 0.25) is 0 Å². The van der Waals surface area contributed by atoms with E-state index in [0.717, 1.165) is 6.07 Å². The highest BCUT2D eigenvalue weighted by molar-refractivity contribution is 7.89. The summed E-state index contributed by atoms with van der Waals surface area (Å²) in [6.07, 6.45) is 1.14. The maximum atomic E-state index is 13.1. The molecule has 1 amide bonds. The van der Waals surface area contributed by atoms with Gasteiger partial charge in [0, 0.05) is 38.3 Å². The van der Waals surface area contributed by atoms with Crippen molar-refractivity contribution in [2.45, 2.75) is 31.6 Å². The molecule has 1 unspecified atom stereocenters. The topological polar surface area (TPSA) is 136 Å². The number of aryl methyl sites for hydroxylation is 1. The number of nitrogens with two attached hydrogens (primary N) is 1. The Labute approximate surface area is 152 Å². The van der Waals surface area contributed by atoms with Gasteiger partial charge in [-0.2, -0.15) is 4.31 Å². The van der Waals surface area contributed by atoms with Crippen molar-refractivity contribution in [1.82, 2.24) is 9.62 Å². The average molecular weight is 384 g/mol. The van der Waals surface area contributed by atoms with Crippen molar-refractivity contribution in [3.05, 3.63) is 33.4 Å².